The maximum atomic E-state index is 5.37. The quantitative estimate of drug-likeness (QED) is 0.912. The van der Waals surface area contributed by atoms with Crippen molar-refractivity contribution in [3.8, 4) is 0 Å². The third-order valence-electron chi connectivity index (χ3n) is 3.48. The van der Waals surface area contributed by atoms with E-state index in [0.29, 0.717) is 6.54 Å². The molecule has 0 aliphatic carbocycles. The molecule has 19 heavy (non-hydrogen) atoms. The van der Waals surface area contributed by atoms with E-state index in [4.69, 9.17) is 4.42 Å². The molecule has 0 amide bonds. The van der Waals surface area contributed by atoms with Crippen molar-refractivity contribution >= 4 is 27.3 Å². The van der Waals surface area contributed by atoms with Crippen molar-refractivity contribution < 1.29 is 4.42 Å². The van der Waals surface area contributed by atoms with E-state index in [0.717, 1.165) is 15.9 Å². The van der Waals surface area contributed by atoms with Gasteiger partial charge in [0.05, 0.1) is 17.3 Å². The zero-order valence-corrected chi connectivity index (χ0v) is 12.3. The van der Waals surface area contributed by atoms with Gasteiger partial charge in [-0.25, -0.2) is 0 Å². The van der Waals surface area contributed by atoms with Crippen LogP contribution in [0.3, 0.4) is 0 Å². The molecule has 1 N–H and O–H groups in total. The molecule has 1 aliphatic rings. The SMILES string of the molecule is Brc1ccoc1CNc1ccc(N2CCCC2)cc1. The lowest BCUT2D eigenvalue weighted by Gasteiger charge is -2.17. The van der Waals surface area contributed by atoms with Crippen LogP contribution in [0.1, 0.15) is 18.6 Å². The molecular weight excluding hydrogens is 304 g/mol. The van der Waals surface area contributed by atoms with Crippen LogP contribution in [0.4, 0.5) is 11.4 Å². The fraction of sp³-hybridized carbons (Fsp3) is 0.333. The van der Waals surface area contributed by atoms with Gasteiger partial charge < -0.3 is 14.6 Å². The normalized spacial score (nSPS) is 14.9. The van der Waals surface area contributed by atoms with Gasteiger partial charge in [0.1, 0.15) is 5.76 Å². The molecule has 1 aliphatic heterocycles. The van der Waals surface area contributed by atoms with Crippen molar-refractivity contribution in [3.05, 3.63) is 46.8 Å². The Morgan fingerprint density at radius 2 is 1.84 bits per heavy atom. The Hall–Kier alpha value is -1.42. The van der Waals surface area contributed by atoms with Crippen LogP contribution < -0.4 is 10.2 Å². The van der Waals surface area contributed by atoms with E-state index in [9.17, 15) is 0 Å². The Morgan fingerprint density at radius 3 is 2.47 bits per heavy atom. The molecule has 3 rings (SSSR count). The van der Waals surface area contributed by atoms with Crippen molar-refractivity contribution in [1.82, 2.24) is 0 Å². The van der Waals surface area contributed by atoms with Crippen LogP contribution in [0.15, 0.2) is 45.5 Å². The molecule has 0 bridgehead atoms. The summed E-state index contributed by atoms with van der Waals surface area (Å²) >= 11 is 3.46. The third kappa shape index (κ3) is 2.95. The average molecular weight is 321 g/mol. The van der Waals surface area contributed by atoms with Crippen molar-refractivity contribution in [2.45, 2.75) is 19.4 Å². The minimum Gasteiger partial charge on any atom is -0.466 e. The molecule has 0 radical (unpaired) electrons. The van der Waals surface area contributed by atoms with E-state index in [1.54, 1.807) is 6.26 Å². The van der Waals surface area contributed by atoms with Crippen LogP contribution in [-0.2, 0) is 6.54 Å². The molecule has 2 aromatic rings. The number of furan rings is 1. The summed E-state index contributed by atoms with van der Waals surface area (Å²) in [7, 11) is 0. The molecule has 1 aromatic heterocycles. The number of anilines is 2. The highest BCUT2D eigenvalue weighted by atomic mass is 79.9. The Labute approximate surface area is 121 Å². The van der Waals surface area contributed by atoms with E-state index in [1.165, 1.54) is 31.6 Å². The van der Waals surface area contributed by atoms with Gasteiger partial charge in [-0.3, -0.25) is 0 Å². The first kappa shape index (κ1) is 12.6. The van der Waals surface area contributed by atoms with Gasteiger partial charge >= 0.3 is 0 Å². The summed E-state index contributed by atoms with van der Waals surface area (Å²) in [4.78, 5) is 2.44. The first-order valence-corrected chi connectivity index (χ1v) is 7.43. The standard InChI is InChI=1S/C15H17BrN2O/c16-14-7-10-19-15(14)11-17-12-3-5-13(6-4-12)18-8-1-2-9-18/h3-7,10,17H,1-2,8-9,11H2. The zero-order valence-electron chi connectivity index (χ0n) is 10.7. The second-order valence-corrected chi connectivity index (χ2v) is 5.64. The summed E-state index contributed by atoms with van der Waals surface area (Å²) in [6, 6.07) is 10.5. The first-order chi connectivity index (χ1) is 9.33. The average Bonchev–Trinajstić information content (AvgIpc) is 3.09. The highest BCUT2D eigenvalue weighted by Crippen LogP contribution is 2.23. The molecule has 100 valence electrons. The Balaban J connectivity index is 1.61. The molecular formula is C15H17BrN2O. The van der Waals surface area contributed by atoms with Crippen LogP contribution in [0.25, 0.3) is 0 Å². The molecule has 0 saturated carbocycles. The molecule has 3 nitrogen and oxygen atoms in total. The summed E-state index contributed by atoms with van der Waals surface area (Å²) in [5.74, 6) is 0.920. The Bertz CT molecular complexity index is 529. The van der Waals surface area contributed by atoms with E-state index < -0.39 is 0 Å². The van der Waals surface area contributed by atoms with Crippen molar-refractivity contribution in [1.29, 1.82) is 0 Å². The highest BCUT2D eigenvalue weighted by molar-refractivity contribution is 9.10. The zero-order chi connectivity index (χ0) is 13.1. The summed E-state index contributed by atoms with van der Waals surface area (Å²) in [6.07, 6.45) is 4.32. The summed E-state index contributed by atoms with van der Waals surface area (Å²) in [5, 5.41) is 3.36. The van der Waals surface area contributed by atoms with Crippen LogP contribution in [0.2, 0.25) is 0 Å². The number of rotatable bonds is 4. The molecule has 2 heterocycles. The van der Waals surface area contributed by atoms with E-state index >= 15 is 0 Å². The summed E-state index contributed by atoms with van der Waals surface area (Å²) in [6.45, 7) is 3.06. The lowest BCUT2D eigenvalue weighted by Crippen LogP contribution is -2.17. The number of hydrogen-bond donors (Lipinski definition) is 1. The third-order valence-corrected chi connectivity index (χ3v) is 4.19. The van der Waals surface area contributed by atoms with Crippen LogP contribution >= 0.6 is 15.9 Å². The number of halogens is 1. The van der Waals surface area contributed by atoms with Gasteiger partial charge in [-0.2, -0.15) is 0 Å². The second kappa shape index (κ2) is 5.70. The number of nitrogens with zero attached hydrogens (tertiary/aromatic N) is 1. The van der Waals surface area contributed by atoms with Gasteiger partial charge in [-0.1, -0.05) is 0 Å². The topological polar surface area (TPSA) is 28.4 Å². The first-order valence-electron chi connectivity index (χ1n) is 6.64. The summed E-state index contributed by atoms with van der Waals surface area (Å²) < 4.78 is 6.38. The molecule has 1 fully saturated rings. The maximum absolute atomic E-state index is 5.37. The molecule has 0 spiro atoms. The van der Waals surface area contributed by atoms with Crippen molar-refractivity contribution in [3.63, 3.8) is 0 Å². The lowest BCUT2D eigenvalue weighted by atomic mass is 10.2. The minimum absolute atomic E-state index is 0.691. The highest BCUT2D eigenvalue weighted by Gasteiger charge is 2.11. The molecule has 4 heteroatoms. The predicted molar refractivity (Wildman–Crippen MR) is 81.6 cm³/mol. The fourth-order valence-corrected chi connectivity index (χ4v) is 2.74. The van der Waals surface area contributed by atoms with E-state index in [-0.39, 0.29) is 0 Å². The lowest BCUT2D eigenvalue weighted by molar-refractivity contribution is 0.516. The van der Waals surface area contributed by atoms with Gasteiger partial charge in [0, 0.05) is 24.5 Å². The van der Waals surface area contributed by atoms with Crippen molar-refractivity contribution in [2.24, 2.45) is 0 Å². The van der Waals surface area contributed by atoms with Crippen LogP contribution in [0, 0.1) is 0 Å². The minimum atomic E-state index is 0.691. The number of benzene rings is 1. The molecule has 0 unspecified atom stereocenters. The Morgan fingerprint density at radius 1 is 1.11 bits per heavy atom. The maximum Gasteiger partial charge on any atom is 0.136 e. The fourth-order valence-electron chi connectivity index (χ4n) is 2.40. The summed E-state index contributed by atoms with van der Waals surface area (Å²) in [5.41, 5.74) is 2.44. The van der Waals surface area contributed by atoms with Gasteiger partial charge in [0.25, 0.3) is 0 Å². The Kier molecular flexibility index (Phi) is 3.78. The van der Waals surface area contributed by atoms with Gasteiger partial charge in [-0.05, 0) is 59.1 Å². The predicted octanol–water partition coefficient (Wildman–Crippen LogP) is 4.25. The van der Waals surface area contributed by atoms with E-state index in [2.05, 4.69) is 50.4 Å². The smallest absolute Gasteiger partial charge is 0.136 e. The van der Waals surface area contributed by atoms with Gasteiger partial charge in [0.15, 0.2) is 0 Å². The van der Waals surface area contributed by atoms with Gasteiger partial charge in [-0.15, -0.1) is 0 Å². The molecule has 1 aromatic carbocycles. The number of hydrogen-bond acceptors (Lipinski definition) is 3. The van der Waals surface area contributed by atoms with Crippen LogP contribution in [-0.4, -0.2) is 13.1 Å². The second-order valence-electron chi connectivity index (χ2n) is 4.79. The van der Waals surface area contributed by atoms with Gasteiger partial charge in [0.2, 0.25) is 0 Å². The molecule has 1 saturated heterocycles. The molecule has 0 atom stereocenters. The largest absolute Gasteiger partial charge is 0.466 e. The number of nitrogens with one attached hydrogen (secondary N) is 1. The van der Waals surface area contributed by atoms with Crippen molar-refractivity contribution in [2.75, 3.05) is 23.3 Å². The monoisotopic (exact) mass is 320 g/mol. The van der Waals surface area contributed by atoms with Crippen LogP contribution in [0.5, 0.6) is 0 Å². The van der Waals surface area contributed by atoms with E-state index in [1.807, 2.05) is 6.07 Å².